The number of carbonyl (C=O) groups is 2. The van der Waals surface area contributed by atoms with Gasteiger partial charge in [0.25, 0.3) is 11.8 Å². The Morgan fingerprint density at radius 1 is 1.32 bits per heavy atom. The van der Waals surface area contributed by atoms with Crippen LogP contribution in [0.2, 0.25) is 0 Å². The number of hydrogen-bond donors (Lipinski definition) is 4. The van der Waals surface area contributed by atoms with E-state index in [9.17, 15) is 14.7 Å². The van der Waals surface area contributed by atoms with E-state index in [0.29, 0.717) is 6.42 Å². The van der Waals surface area contributed by atoms with Crippen LogP contribution in [0.3, 0.4) is 0 Å². The Balaban J connectivity index is 3.15. The van der Waals surface area contributed by atoms with Crippen molar-refractivity contribution >= 4 is 11.8 Å². The third kappa shape index (κ3) is 3.76. The normalized spacial score (nSPS) is 12.9. The minimum Gasteiger partial charge on any atom is -0.494 e. The fourth-order valence-electron chi connectivity index (χ4n) is 2.23. The Bertz CT molecular complexity index is 557. The molecule has 0 aliphatic carbocycles. The number of hydrogen-bond acceptors (Lipinski definition) is 5. The van der Waals surface area contributed by atoms with Crippen LogP contribution in [-0.2, 0) is 9.59 Å². The number of amides is 2. The number of carbonyl (C=O) groups excluding carboxylic acids is 2. The zero-order chi connectivity index (χ0) is 16.7. The maximum atomic E-state index is 12.6. The highest BCUT2D eigenvalue weighted by Gasteiger charge is 2.29. The molecule has 0 aliphatic rings. The van der Waals surface area contributed by atoms with Crippen molar-refractivity contribution in [1.29, 1.82) is 0 Å². The van der Waals surface area contributed by atoms with Crippen molar-refractivity contribution in [2.75, 3.05) is 14.1 Å². The molecule has 22 heavy (non-hydrogen) atoms. The second-order valence-electron chi connectivity index (χ2n) is 4.70. The molecule has 1 aromatic rings. The predicted molar refractivity (Wildman–Crippen MR) is 83.3 cm³/mol. The maximum absolute atomic E-state index is 12.6. The van der Waals surface area contributed by atoms with Crippen LogP contribution in [-0.4, -0.2) is 35.9 Å². The highest BCUT2D eigenvalue weighted by atomic mass is 16.3. The Hall–Kier alpha value is -2.54. The van der Waals surface area contributed by atoms with Gasteiger partial charge in [0.2, 0.25) is 5.88 Å². The Labute approximate surface area is 129 Å². The maximum Gasteiger partial charge on any atom is 0.276 e. The second kappa shape index (κ2) is 8.04. The van der Waals surface area contributed by atoms with E-state index in [-0.39, 0.29) is 6.04 Å². The van der Waals surface area contributed by atoms with E-state index >= 15 is 0 Å². The zero-order valence-corrected chi connectivity index (χ0v) is 13.0. The van der Waals surface area contributed by atoms with Gasteiger partial charge in [-0.05, 0) is 12.0 Å². The Kier molecular flexibility index (Phi) is 6.40. The van der Waals surface area contributed by atoms with Crippen molar-refractivity contribution in [3.8, 4) is 0 Å². The molecule has 0 radical (unpaired) electrons. The second-order valence-corrected chi connectivity index (χ2v) is 4.70. The topological polar surface area (TPSA) is 108 Å². The largest absolute Gasteiger partial charge is 0.494 e. The molecule has 0 aliphatic heterocycles. The van der Waals surface area contributed by atoms with Gasteiger partial charge in [0.05, 0.1) is 6.04 Å². The summed E-state index contributed by atoms with van der Waals surface area (Å²) in [5.74, 6) is 3.08. The fourth-order valence-corrected chi connectivity index (χ4v) is 2.23. The number of nitrogens with zero attached hydrogens (tertiary/aromatic N) is 1. The molecule has 0 aromatic heterocycles. The average molecular weight is 306 g/mol. The molecule has 0 saturated heterocycles. The Morgan fingerprint density at radius 2 is 1.91 bits per heavy atom. The lowest BCUT2D eigenvalue weighted by atomic mass is 10.0. The van der Waals surface area contributed by atoms with Crippen molar-refractivity contribution in [2.45, 2.75) is 19.4 Å². The van der Waals surface area contributed by atoms with Crippen molar-refractivity contribution < 1.29 is 14.7 Å². The molecule has 5 N–H and O–H groups in total. The summed E-state index contributed by atoms with van der Waals surface area (Å²) in [7, 11) is 2.98. The van der Waals surface area contributed by atoms with E-state index in [4.69, 9.17) is 5.84 Å². The van der Waals surface area contributed by atoms with E-state index < -0.39 is 23.3 Å². The summed E-state index contributed by atoms with van der Waals surface area (Å²) in [5.41, 5.74) is 2.38. The number of aliphatic hydroxyl groups is 1. The summed E-state index contributed by atoms with van der Waals surface area (Å²) >= 11 is 0. The van der Waals surface area contributed by atoms with Gasteiger partial charge in [-0.1, -0.05) is 37.3 Å². The molecule has 7 heteroatoms. The van der Waals surface area contributed by atoms with Gasteiger partial charge in [-0.15, -0.1) is 0 Å². The number of rotatable bonds is 6. The van der Waals surface area contributed by atoms with Crippen LogP contribution in [0.4, 0.5) is 0 Å². The molecule has 1 atom stereocenters. The van der Waals surface area contributed by atoms with E-state index in [1.165, 1.54) is 11.9 Å². The smallest absolute Gasteiger partial charge is 0.276 e. The lowest BCUT2D eigenvalue weighted by molar-refractivity contribution is -0.131. The van der Waals surface area contributed by atoms with Crippen LogP contribution < -0.4 is 16.6 Å². The van der Waals surface area contributed by atoms with Gasteiger partial charge in [-0.3, -0.25) is 15.0 Å². The van der Waals surface area contributed by atoms with Crippen LogP contribution in [0, 0.1) is 0 Å². The summed E-state index contributed by atoms with van der Waals surface area (Å²) in [5, 5.41) is 12.2. The fraction of sp³-hybridized carbons (Fsp3) is 0.333. The molecule has 0 heterocycles. The Morgan fingerprint density at radius 3 is 2.36 bits per heavy atom. The molecular formula is C15H22N4O3. The lowest BCUT2D eigenvalue weighted by Crippen LogP contribution is -2.41. The van der Waals surface area contributed by atoms with Crippen LogP contribution in [0.25, 0.3) is 0 Å². The van der Waals surface area contributed by atoms with Gasteiger partial charge in [0, 0.05) is 14.1 Å². The minimum absolute atomic E-state index is 0.223. The summed E-state index contributed by atoms with van der Waals surface area (Å²) in [6.45, 7) is 1.94. The number of nitrogens with one attached hydrogen (secondary N) is 2. The number of hydrazine groups is 1. The third-order valence-electron chi connectivity index (χ3n) is 3.40. The number of likely N-dealkylation sites (N-methyl/N-ethyl adjacent to an activating group) is 1. The van der Waals surface area contributed by atoms with Gasteiger partial charge < -0.3 is 15.3 Å². The standard InChI is InChI=1S/C15H22N4O3/c1-4-11(10-8-6-5-7-9-10)19(3)15(22)12(13(20)17-2)14(21)18-16/h5-9,11,17,20H,4,16H2,1-3H3,(H,18,21)/b13-12+/t11-/m0/s1. The number of aliphatic hydroxyl groups excluding tert-OH is 1. The molecule has 2 amide bonds. The average Bonchev–Trinajstić information content (AvgIpc) is 2.55. The zero-order valence-electron chi connectivity index (χ0n) is 13.0. The first-order chi connectivity index (χ1) is 10.5. The number of nitrogens with two attached hydrogens (primary N) is 1. The van der Waals surface area contributed by atoms with Crippen molar-refractivity contribution in [2.24, 2.45) is 5.84 Å². The molecule has 0 fully saturated rings. The minimum atomic E-state index is -0.855. The SMILES string of the molecule is CC[C@@H](c1ccccc1)N(C)C(=O)/C(C(=O)NN)=C(/O)NC. The first-order valence-electron chi connectivity index (χ1n) is 6.91. The van der Waals surface area contributed by atoms with E-state index in [1.807, 2.05) is 42.7 Å². The van der Waals surface area contributed by atoms with Crippen molar-refractivity contribution in [3.63, 3.8) is 0 Å². The summed E-state index contributed by atoms with van der Waals surface area (Å²) < 4.78 is 0. The van der Waals surface area contributed by atoms with Gasteiger partial charge in [0.15, 0.2) is 5.57 Å². The number of benzene rings is 1. The lowest BCUT2D eigenvalue weighted by Gasteiger charge is -2.28. The van der Waals surface area contributed by atoms with Gasteiger partial charge >= 0.3 is 0 Å². The quantitative estimate of drug-likeness (QED) is 0.117. The third-order valence-corrected chi connectivity index (χ3v) is 3.40. The van der Waals surface area contributed by atoms with Crippen molar-refractivity contribution in [1.82, 2.24) is 15.6 Å². The molecule has 7 nitrogen and oxygen atoms in total. The molecule has 0 saturated carbocycles. The first-order valence-corrected chi connectivity index (χ1v) is 6.91. The van der Waals surface area contributed by atoms with Crippen LogP contribution in [0.15, 0.2) is 41.8 Å². The highest BCUT2D eigenvalue weighted by Crippen LogP contribution is 2.24. The summed E-state index contributed by atoms with van der Waals surface area (Å²) in [6.07, 6.45) is 0.657. The van der Waals surface area contributed by atoms with E-state index in [2.05, 4.69) is 5.32 Å². The molecule has 0 unspecified atom stereocenters. The molecule has 0 spiro atoms. The summed E-state index contributed by atoms with van der Waals surface area (Å²) in [6, 6.07) is 9.23. The highest BCUT2D eigenvalue weighted by molar-refractivity contribution is 6.18. The predicted octanol–water partition coefficient (Wildman–Crippen LogP) is 0.575. The van der Waals surface area contributed by atoms with E-state index in [0.717, 1.165) is 5.56 Å². The van der Waals surface area contributed by atoms with Gasteiger partial charge in [-0.2, -0.15) is 0 Å². The van der Waals surface area contributed by atoms with Crippen LogP contribution in [0.5, 0.6) is 0 Å². The first kappa shape index (κ1) is 17.5. The van der Waals surface area contributed by atoms with Crippen molar-refractivity contribution in [3.05, 3.63) is 47.4 Å². The molecule has 0 bridgehead atoms. The van der Waals surface area contributed by atoms with Gasteiger partial charge in [-0.25, -0.2) is 5.84 Å². The molecule has 1 rings (SSSR count). The molecule has 120 valence electrons. The summed E-state index contributed by atoms with van der Waals surface area (Å²) in [4.78, 5) is 25.7. The monoisotopic (exact) mass is 306 g/mol. The molecule has 1 aromatic carbocycles. The van der Waals surface area contributed by atoms with Crippen LogP contribution in [0.1, 0.15) is 24.9 Å². The van der Waals surface area contributed by atoms with Crippen LogP contribution >= 0.6 is 0 Å². The van der Waals surface area contributed by atoms with Gasteiger partial charge in [0.1, 0.15) is 0 Å². The van der Waals surface area contributed by atoms with E-state index in [1.54, 1.807) is 7.05 Å². The molecular weight excluding hydrogens is 284 g/mol.